The summed E-state index contributed by atoms with van der Waals surface area (Å²) in [5.41, 5.74) is 1.95. The highest BCUT2D eigenvalue weighted by Crippen LogP contribution is 2.18. The number of hydrogen-bond donors (Lipinski definition) is 2. The highest BCUT2D eigenvalue weighted by molar-refractivity contribution is 5.60. The van der Waals surface area contributed by atoms with E-state index in [-0.39, 0.29) is 0 Å². The van der Waals surface area contributed by atoms with Gasteiger partial charge in [0, 0.05) is 7.11 Å². The molecule has 14 heavy (non-hydrogen) atoms. The van der Waals surface area contributed by atoms with Crippen LogP contribution in [0, 0.1) is 18.3 Å². The molecule has 1 unspecified atom stereocenters. The van der Waals surface area contributed by atoms with Crippen molar-refractivity contribution in [2.75, 3.05) is 12.4 Å². The lowest BCUT2D eigenvalue weighted by molar-refractivity contribution is -0.0510. The molecular formula is C10H12N2O2. The smallest absolute Gasteiger partial charge is 0.235 e. The van der Waals surface area contributed by atoms with Gasteiger partial charge < -0.3 is 15.2 Å². The summed E-state index contributed by atoms with van der Waals surface area (Å²) in [6, 6.07) is 7.42. The minimum absolute atomic E-state index is 0.517. The number of aliphatic hydroxyl groups excluding tert-OH is 1. The number of benzene rings is 1. The van der Waals surface area contributed by atoms with Crippen molar-refractivity contribution in [3.8, 4) is 6.07 Å². The summed E-state index contributed by atoms with van der Waals surface area (Å²) in [5.74, 6) is 0. The van der Waals surface area contributed by atoms with E-state index in [1.54, 1.807) is 12.1 Å². The van der Waals surface area contributed by atoms with Gasteiger partial charge in [-0.3, -0.25) is 0 Å². The van der Waals surface area contributed by atoms with Crippen LogP contribution < -0.4 is 5.32 Å². The van der Waals surface area contributed by atoms with Crippen LogP contribution in [0.2, 0.25) is 0 Å². The fraction of sp³-hybridized carbons (Fsp3) is 0.300. The minimum Gasteiger partial charge on any atom is -0.351 e. The van der Waals surface area contributed by atoms with Crippen molar-refractivity contribution in [1.29, 1.82) is 5.26 Å². The van der Waals surface area contributed by atoms with Gasteiger partial charge >= 0.3 is 0 Å². The number of anilines is 1. The minimum atomic E-state index is -1.09. The standard InChI is InChI=1S/C10H12N2O2/c1-7-4-3-5-9(8(7)6-11)12-10(13)14-2/h3-5,10,12-13H,1-2H3. The van der Waals surface area contributed by atoms with E-state index in [1.807, 2.05) is 13.0 Å². The fourth-order valence-corrected chi connectivity index (χ4v) is 1.13. The van der Waals surface area contributed by atoms with Crippen LogP contribution in [0.3, 0.4) is 0 Å². The molecule has 4 nitrogen and oxygen atoms in total. The molecule has 0 saturated heterocycles. The average Bonchev–Trinajstić information content (AvgIpc) is 2.18. The SMILES string of the molecule is COC(O)Nc1cccc(C)c1C#N. The molecule has 1 rings (SSSR count). The van der Waals surface area contributed by atoms with Gasteiger partial charge in [-0.15, -0.1) is 0 Å². The maximum absolute atomic E-state index is 9.18. The first kappa shape index (κ1) is 10.5. The quantitative estimate of drug-likeness (QED) is 0.706. The Morgan fingerprint density at radius 1 is 1.57 bits per heavy atom. The molecular weight excluding hydrogens is 180 g/mol. The van der Waals surface area contributed by atoms with Crippen LogP contribution in [0.4, 0.5) is 5.69 Å². The van der Waals surface area contributed by atoms with E-state index in [0.717, 1.165) is 5.56 Å². The predicted octanol–water partition coefficient (Wildman–Crippen LogP) is 1.20. The maximum Gasteiger partial charge on any atom is 0.235 e. The largest absolute Gasteiger partial charge is 0.351 e. The lowest BCUT2D eigenvalue weighted by Gasteiger charge is -2.13. The van der Waals surface area contributed by atoms with Crippen molar-refractivity contribution in [1.82, 2.24) is 0 Å². The summed E-state index contributed by atoms with van der Waals surface area (Å²) in [7, 11) is 1.37. The van der Waals surface area contributed by atoms with E-state index < -0.39 is 6.41 Å². The molecule has 0 bridgehead atoms. The Morgan fingerprint density at radius 2 is 2.29 bits per heavy atom. The molecule has 0 radical (unpaired) electrons. The molecule has 1 atom stereocenters. The third-order valence-electron chi connectivity index (χ3n) is 1.89. The molecule has 74 valence electrons. The lowest BCUT2D eigenvalue weighted by Crippen LogP contribution is -2.21. The fourth-order valence-electron chi connectivity index (χ4n) is 1.13. The van der Waals surface area contributed by atoms with Crippen molar-refractivity contribution in [3.63, 3.8) is 0 Å². The van der Waals surface area contributed by atoms with Crippen LogP contribution in [-0.4, -0.2) is 18.6 Å². The molecule has 0 aliphatic rings. The van der Waals surface area contributed by atoms with Crippen LogP contribution in [0.15, 0.2) is 18.2 Å². The molecule has 0 spiro atoms. The normalized spacial score (nSPS) is 11.9. The Labute approximate surface area is 82.7 Å². The van der Waals surface area contributed by atoms with Crippen molar-refractivity contribution in [2.24, 2.45) is 0 Å². The van der Waals surface area contributed by atoms with Gasteiger partial charge in [-0.2, -0.15) is 5.26 Å². The number of nitriles is 1. The first-order valence-electron chi connectivity index (χ1n) is 4.16. The molecule has 0 aromatic heterocycles. The summed E-state index contributed by atoms with van der Waals surface area (Å²) >= 11 is 0. The topological polar surface area (TPSA) is 65.3 Å². The Hall–Kier alpha value is -1.57. The molecule has 4 heteroatoms. The lowest BCUT2D eigenvalue weighted by atomic mass is 10.1. The second kappa shape index (κ2) is 4.61. The first-order valence-corrected chi connectivity index (χ1v) is 4.16. The predicted molar refractivity (Wildman–Crippen MR) is 52.5 cm³/mol. The number of nitrogens with one attached hydrogen (secondary N) is 1. The zero-order valence-electron chi connectivity index (χ0n) is 8.11. The monoisotopic (exact) mass is 192 g/mol. The van der Waals surface area contributed by atoms with Crippen LogP contribution in [0.5, 0.6) is 0 Å². The number of aliphatic hydroxyl groups is 1. The second-order valence-corrected chi connectivity index (χ2v) is 2.84. The molecule has 1 aromatic rings. The number of ether oxygens (including phenoxy) is 1. The molecule has 0 saturated carbocycles. The highest BCUT2D eigenvalue weighted by atomic mass is 16.6. The molecule has 1 aromatic carbocycles. The Bertz CT molecular complexity index is 358. The van der Waals surface area contributed by atoms with Crippen LogP contribution >= 0.6 is 0 Å². The van der Waals surface area contributed by atoms with E-state index in [9.17, 15) is 5.11 Å². The average molecular weight is 192 g/mol. The van der Waals surface area contributed by atoms with Crippen molar-refractivity contribution >= 4 is 5.69 Å². The van der Waals surface area contributed by atoms with Gasteiger partial charge in [0.2, 0.25) is 6.41 Å². The van der Waals surface area contributed by atoms with Gasteiger partial charge in [0.15, 0.2) is 0 Å². The van der Waals surface area contributed by atoms with Crippen LogP contribution in [-0.2, 0) is 4.74 Å². The van der Waals surface area contributed by atoms with E-state index in [4.69, 9.17) is 5.26 Å². The van der Waals surface area contributed by atoms with E-state index in [0.29, 0.717) is 11.3 Å². The van der Waals surface area contributed by atoms with Gasteiger partial charge in [0.25, 0.3) is 0 Å². The number of aryl methyl sites for hydroxylation is 1. The zero-order chi connectivity index (χ0) is 10.6. The Balaban J connectivity index is 2.98. The number of methoxy groups -OCH3 is 1. The summed E-state index contributed by atoms with van der Waals surface area (Å²) in [6.07, 6.45) is -1.09. The molecule has 0 fully saturated rings. The van der Waals surface area contributed by atoms with Gasteiger partial charge in [0.1, 0.15) is 6.07 Å². The van der Waals surface area contributed by atoms with Crippen molar-refractivity contribution in [2.45, 2.75) is 13.3 Å². The second-order valence-electron chi connectivity index (χ2n) is 2.84. The summed E-state index contributed by atoms with van der Waals surface area (Å²) < 4.78 is 4.63. The Kier molecular flexibility index (Phi) is 3.46. The molecule has 0 aliphatic heterocycles. The summed E-state index contributed by atoms with van der Waals surface area (Å²) in [5, 5.41) is 20.7. The van der Waals surface area contributed by atoms with Gasteiger partial charge in [-0.05, 0) is 18.6 Å². The Morgan fingerprint density at radius 3 is 2.86 bits per heavy atom. The number of rotatable bonds is 3. The summed E-state index contributed by atoms with van der Waals surface area (Å²) in [6.45, 7) is 1.84. The van der Waals surface area contributed by atoms with Crippen LogP contribution in [0.1, 0.15) is 11.1 Å². The molecule has 0 heterocycles. The van der Waals surface area contributed by atoms with Gasteiger partial charge in [-0.1, -0.05) is 12.1 Å². The third-order valence-corrected chi connectivity index (χ3v) is 1.89. The molecule has 2 N–H and O–H groups in total. The van der Waals surface area contributed by atoms with Gasteiger partial charge in [-0.25, -0.2) is 0 Å². The summed E-state index contributed by atoms with van der Waals surface area (Å²) in [4.78, 5) is 0. The van der Waals surface area contributed by atoms with E-state index in [2.05, 4.69) is 16.1 Å². The number of hydrogen-bond acceptors (Lipinski definition) is 4. The third kappa shape index (κ3) is 2.22. The highest BCUT2D eigenvalue weighted by Gasteiger charge is 2.07. The molecule has 0 aliphatic carbocycles. The van der Waals surface area contributed by atoms with Crippen molar-refractivity contribution in [3.05, 3.63) is 29.3 Å². The first-order chi connectivity index (χ1) is 6.69. The number of nitrogens with zero attached hydrogens (tertiary/aromatic N) is 1. The van der Waals surface area contributed by atoms with Gasteiger partial charge in [0.05, 0.1) is 11.3 Å². The van der Waals surface area contributed by atoms with Crippen LogP contribution in [0.25, 0.3) is 0 Å². The van der Waals surface area contributed by atoms with E-state index >= 15 is 0 Å². The molecule has 0 amide bonds. The van der Waals surface area contributed by atoms with E-state index in [1.165, 1.54) is 7.11 Å². The zero-order valence-corrected chi connectivity index (χ0v) is 8.11. The maximum atomic E-state index is 9.18. The van der Waals surface area contributed by atoms with Crippen molar-refractivity contribution < 1.29 is 9.84 Å².